The second-order valence-electron chi connectivity index (χ2n) is 13.2. The molecular weight excluding hydrogens is 622 g/mol. The van der Waals surface area contributed by atoms with Gasteiger partial charge in [0.15, 0.2) is 17.3 Å². The molecule has 0 radical (unpaired) electrons. The fraction of sp³-hybridized carbons (Fsp3) is 0.514. The van der Waals surface area contributed by atoms with Gasteiger partial charge < -0.3 is 41.8 Å². The van der Waals surface area contributed by atoms with Crippen molar-refractivity contribution in [2.75, 3.05) is 40.5 Å². The maximum atomic E-state index is 14.1. The van der Waals surface area contributed by atoms with Gasteiger partial charge in [0.1, 0.15) is 5.82 Å². The molecule has 2 heterocycles. The molecule has 0 bridgehead atoms. The fourth-order valence-corrected chi connectivity index (χ4v) is 7.13. The van der Waals surface area contributed by atoms with Crippen molar-refractivity contribution in [3.63, 3.8) is 0 Å². The molecule has 264 valence electrons. The van der Waals surface area contributed by atoms with Gasteiger partial charge in [0.05, 0.1) is 19.3 Å². The highest BCUT2D eigenvalue weighted by atomic mass is 16.7. The second kappa shape index (κ2) is 15.5. The monoisotopic (exact) mass is 673 g/mol. The van der Waals surface area contributed by atoms with Gasteiger partial charge in [-0.2, -0.15) is 0 Å². The number of hydrogen-bond acceptors (Lipinski definition) is 10. The number of aliphatic imine (C=N–C) groups is 1. The summed E-state index contributed by atoms with van der Waals surface area (Å²) in [6.07, 6.45) is 12.7. The normalized spacial score (nSPS) is 28.4. The predicted octanol–water partition coefficient (Wildman–Crippen LogP) is 2.46. The molecular formula is C37H51N7O5. The van der Waals surface area contributed by atoms with Crippen LogP contribution >= 0.6 is 0 Å². The van der Waals surface area contributed by atoms with Crippen LogP contribution in [-0.4, -0.2) is 87.2 Å². The molecule has 1 aromatic rings. The number of nitrogens with two attached hydrogens (primary N) is 1. The summed E-state index contributed by atoms with van der Waals surface area (Å²) in [6, 6.07) is 6.41. The molecule has 6 unspecified atom stereocenters. The second-order valence-corrected chi connectivity index (χ2v) is 13.2. The molecule has 2 aliphatic carbocycles. The molecule has 6 atom stereocenters. The number of likely N-dealkylation sites (N-methyl/N-ethyl adjacent to an activating group) is 1. The van der Waals surface area contributed by atoms with E-state index in [4.69, 9.17) is 15.2 Å². The number of Topliss-reactive ketones (excluding diaryl/α,β-unsaturated/α-hetero) is 2. The Morgan fingerprint density at radius 3 is 2.65 bits per heavy atom. The van der Waals surface area contributed by atoms with E-state index in [1.54, 1.807) is 31.3 Å². The Bertz CT molecular complexity index is 1580. The number of rotatable bonds is 15. The standard InChI is InChI=1S/C37H51N7O5/c1-6-24-12-13-29(41-7-2)26(19-24)21-48-34(47)37-33(46)28-11-9-8-10-27(28)32(45)36(37,49-37)16-14-23(3)18-30(44-35(38)40-5)25-15-17-42-31(20-25)43-22-39-4/h8-15,20,24,26,29-30,39,41-43H,6-7,16-19,21-22H2,1-5H3,(H3,38,40,44). The third kappa shape index (κ3) is 7.22. The highest BCUT2D eigenvalue weighted by Gasteiger charge is 2.85. The van der Waals surface area contributed by atoms with Gasteiger partial charge in [-0.05, 0) is 57.3 Å². The molecule has 49 heavy (non-hydrogen) atoms. The molecule has 12 nitrogen and oxygen atoms in total. The smallest absolute Gasteiger partial charge is 0.350 e. The minimum Gasteiger partial charge on any atom is -0.463 e. The number of hydrogen-bond donors (Lipinski definition) is 6. The molecule has 1 fully saturated rings. The van der Waals surface area contributed by atoms with Crippen LogP contribution in [0.3, 0.4) is 0 Å². The van der Waals surface area contributed by atoms with E-state index < -0.39 is 23.0 Å². The molecule has 0 saturated carbocycles. The average molecular weight is 674 g/mol. The first-order valence-electron chi connectivity index (χ1n) is 17.3. The summed E-state index contributed by atoms with van der Waals surface area (Å²) < 4.78 is 12.1. The first kappa shape index (κ1) is 36.0. The third-order valence-corrected chi connectivity index (χ3v) is 9.97. The van der Waals surface area contributed by atoms with Crippen molar-refractivity contribution >= 4 is 23.5 Å². The van der Waals surface area contributed by atoms with Crippen LogP contribution in [0.15, 0.2) is 76.6 Å². The summed E-state index contributed by atoms with van der Waals surface area (Å²) in [5.41, 5.74) is 4.77. The molecule has 7 N–H and O–H groups in total. The van der Waals surface area contributed by atoms with Gasteiger partial charge in [-0.3, -0.25) is 14.6 Å². The Hall–Kier alpha value is -4.26. The number of nitrogens with zero attached hydrogens (tertiary/aromatic N) is 1. The lowest BCUT2D eigenvalue weighted by Crippen LogP contribution is -2.51. The molecule has 2 aliphatic heterocycles. The van der Waals surface area contributed by atoms with Crippen molar-refractivity contribution in [2.45, 2.75) is 69.7 Å². The van der Waals surface area contributed by atoms with Crippen molar-refractivity contribution in [3.8, 4) is 0 Å². The maximum absolute atomic E-state index is 14.1. The number of guanidine groups is 1. The molecule has 0 amide bonds. The molecule has 1 aromatic carbocycles. The van der Waals surface area contributed by atoms with Crippen LogP contribution in [-0.2, 0) is 14.3 Å². The summed E-state index contributed by atoms with van der Waals surface area (Å²) in [6.45, 7) is 8.24. The van der Waals surface area contributed by atoms with E-state index in [1.807, 2.05) is 33.0 Å². The summed E-state index contributed by atoms with van der Waals surface area (Å²) in [7, 11) is 3.48. The van der Waals surface area contributed by atoms with Crippen LogP contribution in [0.1, 0.15) is 67.2 Å². The summed E-state index contributed by atoms with van der Waals surface area (Å²) >= 11 is 0. The number of ketones is 2. The van der Waals surface area contributed by atoms with Crippen molar-refractivity contribution in [1.29, 1.82) is 0 Å². The minimum absolute atomic E-state index is 0.0306. The van der Waals surface area contributed by atoms with Crippen LogP contribution in [0.25, 0.3) is 0 Å². The number of carbonyl (C=O) groups is 3. The molecule has 5 rings (SSSR count). The van der Waals surface area contributed by atoms with E-state index in [-0.39, 0.29) is 47.9 Å². The van der Waals surface area contributed by atoms with Crippen LogP contribution < -0.4 is 32.3 Å². The summed E-state index contributed by atoms with van der Waals surface area (Å²) in [4.78, 5) is 46.3. The van der Waals surface area contributed by atoms with E-state index in [9.17, 15) is 14.4 Å². The van der Waals surface area contributed by atoms with E-state index >= 15 is 0 Å². The number of epoxide rings is 1. The van der Waals surface area contributed by atoms with E-state index in [2.05, 4.69) is 56.7 Å². The maximum Gasteiger partial charge on any atom is 0.350 e. The molecule has 0 aromatic heterocycles. The Labute approximate surface area is 289 Å². The van der Waals surface area contributed by atoms with E-state index in [0.717, 1.165) is 36.4 Å². The van der Waals surface area contributed by atoms with Crippen molar-refractivity contribution in [1.82, 2.24) is 26.6 Å². The lowest BCUT2D eigenvalue weighted by molar-refractivity contribution is -0.149. The van der Waals surface area contributed by atoms with Crippen molar-refractivity contribution in [2.24, 2.45) is 22.6 Å². The lowest BCUT2D eigenvalue weighted by Gasteiger charge is -2.32. The van der Waals surface area contributed by atoms with Gasteiger partial charge in [0.25, 0.3) is 5.60 Å². The highest BCUT2D eigenvalue weighted by Crippen LogP contribution is 2.58. The SMILES string of the molecule is CCNC1C=CC(CC)CC1COC(=O)C12OC1(CC=C(C)CC(NC(N)=NC)C1=CCNC(NCNC)=C1)C(=O)c1ccccc1C2=O. The molecule has 4 aliphatic rings. The Kier molecular flexibility index (Phi) is 11.4. The number of benzene rings is 1. The first-order chi connectivity index (χ1) is 23.6. The van der Waals surface area contributed by atoms with Gasteiger partial charge in [0.2, 0.25) is 5.78 Å². The molecule has 12 heteroatoms. The Morgan fingerprint density at radius 1 is 1.20 bits per heavy atom. The van der Waals surface area contributed by atoms with Gasteiger partial charge in [-0.25, -0.2) is 4.79 Å². The number of ether oxygens (including phenoxy) is 2. The lowest BCUT2D eigenvalue weighted by atomic mass is 9.72. The highest BCUT2D eigenvalue weighted by molar-refractivity contribution is 6.32. The number of carbonyl (C=O) groups excluding carboxylic acids is 3. The van der Waals surface area contributed by atoms with Gasteiger partial charge in [0, 0.05) is 43.1 Å². The Balaban J connectivity index is 1.39. The first-order valence-corrected chi connectivity index (χ1v) is 17.3. The number of dihydropyridines is 1. The van der Waals surface area contributed by atoms with Crippen LogP contribution in [0, 0.1) is 11.8 Å². The average Bonchev–Trinajstić information content (AvgIpc) is 3.83. The zero-order valence-corrected chi connectivity index (χ0v) is 29.2. The number of allylic oxidation sites excluding steroid dienone is 1. The topological polar surface area (TPSA) is 171 Å². The predicted molar refractivity (Wildman–Crippen MR) is 190 cm³/mol. The number of esters is 1. The van der Waals surface area contributed by atoms with Crippen molar-refractivity contribution in [3.05, 3.63) is 82.7 Å². The van der Waals surface area contributed by atoms with Gasteiger partial charge in [-0.1, -0.05) is 68.0 Å². The van der Waals surface area contributed by atoms with Crippen LogP contribution in [0.4, 0.5) is 0 Å². The zero-order chi connectivity index (χ0) is 35.2. The van der Waals surface area contributed by atoms with Gasteiger partial charge in [-0.15, -0.1) is 0 Å². The third-order valence-electron chi connectivity index (χ3n) is 9.97. The van der Waals surface area contributed by atoms with E-state index in [0.29, 0.717) is 31.5 Å². The van der Waals surface area contributed by atoms with Crippen LogP contribution in [0.5, 0.6) is 0 Å². The largest absolute Gasteiger partial charge is 0.463 e. The Morgan fingerprint density at radius 2 is 1.96 bits per heavy atom. The minimum atomic E-state index is -2.03. The van der Waals surface area contributed by atoms with Crippen molar-refractivity contribution < 1.29 is 23.9 Å². The molecule has 0 spiro atoms. The summed E-state index contributed by atoms with van der Waals surface area (Å²) in [5, 5.41) is 16.4. The quantitative estimate of drug-likeness (QED) is 0.0307. The number of nitrogens with one attached hydrogen (secondary N) is 5. The summed E-state index contributed by atoms with van der Waals surface area (Å²) in [5.74, 6) is -0.142. The zero-order valence-electron chi connectivity index (χ0n) is 29.2. The number of fused-ring (bicyclic) bond motifs is 2. The van der Waals surface area contributed by atoms with E-state index in [1.165, 1.54) is 0 Å². The molecule has 1 saturated heterocycles. The van der Waals surface area contributed by atoms with Crippen LogP contribution in [0.2, 0.25) is 0 Å². The fourth-order valence-electron chi connectivity index (χ4n) is 7.13. The van der Waals surface area contributed by atoms with Gasteiger partial charge >= 0.3 is 5.97 Å².